The van der Waals surface area contributed by atoms with E-state index in [1.807, 2.05) is 6.92 Å². The molecule has 0 aliphatic carbocycles. The highest BCUT2D eigenvalue weighted by atomic mass is 16.6. The minimum Gasteiger partial charge on any atom is -0.384 e. The highest BCUT2D eigenvalue weighted by Crippen LogP contribution is 2.07. The Morgan fingerprint density at radius 1 is 1.67 bits per heavy atom. The van der Waals surface area contributed by atoms with Crippen molar-refractivity contribution in [3.8, 4) is 0 Å². The molecule has 0 atom stereocenters. The third-order valence-corrected chi connectivity index (χ3v) is 1.20. The van der Waals surface area contributed by atoms with Crippen molar-refractivity contribution >= 4 is 5.84 Å². The summed E-state index contributed by atoms with van der Waals surface area (Å²) < 4.78 is 0. The molecule has 2 N–H and O–H groups in total. The minimum atomic E-state index is 0.572. The van der Waals surface area contributed by atoms with Crippen LogP contribution in [0.15, 0.2) is 17.0 Å². The number of nitrogens with zero attached hydrogens (tertiary/aromatic N) is 1. The van der Waals surface area contributed by atoms with Crippen LogP contribution in [0.4, 0.5) is 0 Å². The van der Waals surface area contributed by atoms with Gasteiger partial charge in [-0.15, -0.1) is 0 Å². The van der Waals surface area contributed by atoms with Gasteiger partial charge >= 0.3 is 0 Å². The fourth-order valence-corrected chi connectivity index (χ4v) is 0.614. The molecule has 0 amide bonds. The molecule has 0 spiro atoms. The molecule has 0 unspecified atom stereocenters. The SMILES string of the molecule is CC1=CON=C(N)CC1. The fraction of sp³-hybridized carbons (Fsp3) is 0.500. The van der Waals surface area contributed by atoms with Gasteiger partial charge in [0, 0.05) is 6.42 Å². The second-order valence-corrected chi connectivity index (χ2v) is 2.15. The zero-order valence-corrected chi connectivity index (χ0v) is 5.42. The summed E-state index contributed by atoms with van der Waals surface area (Å²) >= 11 is 0. The highest BCUT2D eigenvalue weighted by Gasteiger charge is 1.99. The minimum absolute atomic E-state index is 0.572. The molecule has 1 heterocycles. The van der Waals surface area contributed by atoms with Gasteiger partial charge in [0.15, 0.2) is 0 Å². The summed E-state index contributed by atoms with van der Waals surface area (Å²) in [7, 11) is 0. The van der Waals surface area contributed by atoms with Gasteiger partial charge in [0.2, 0.25) is 0 Å². The first kappa shape index (κ1) is 6.13. The molecule has 3 heteroatoms. The Morgan fingerprint density at radius 3 is 3.22 bits per heavy atom. The van der Waals surface area contributed by atoms with Crippen LogP contribution in [-0.2, 0) is 4.84 Å². The molecule has 0 aromatic rings. The maximum atomic E-state index is 5.39. The third-order valence-electron chi connectivity index (χ3n) is 1.20. The standard InChI is InChI=1S/C6H10N2O/c1-5-2-3-6(7)8-9-4-5/h4H,2-3H2,1H3,(H2,7,8). The quantitative estimate of drug-likeness (QED) is 0.525. The van der Waals surface area contributed by atoms with Crippen molar-refractivity contribution in [1.29, 1.82) is 0 Å². The number of hydrogen-bond donors (Lipinski definition) is 1. The first-order valence-corrected chi connectivity index (χ1v) is 2.93. The molecule has 50 valence electrons. The number of amidine groups is 1. The van der Waals surface area contributed by atoms with Gasteiger partial charge in [-0.25, -0.2) is 0 Å². The zero-order chi connectivity index (χ0) is 6.69. The van der Waals surface area contributed by atoms with Crippen molar-refractivity contribution < 1.29 is 4.84 Å². The van der Waals surface area contributed by atoms with E-state index in [2.05, 4.69) is 5.16 Å². The lowest BCUT2D eigenvalue weighted by Crippen LogP contribution is -2.10. The van der Waals surface area contributed by atoms with Gasteiger partial charge in [0.1, 0.15) is 12.1 Å². The number of allylic oxidation sites excluding steroid dienone is 1. The molecule has 0 aromatic carbocycles. The van der Waals surface area contributed by atoms with Crippen LogP contribution in [0.1, 0.15) is 19.8 Å². The van der Waals surface area contributed by atoms with Gasteiger partial charge in [-0.05, 0) is 18.9 Å². The van der Waals surface area contributed by atoms with E-state index in [9.17, 15) is 0 Å². The molecule has 1 aliphatic rings. The molecule has 0 aromatic heterocycles. The van der Waals surface area contributed by atoms with Crippen molar-refractivity contribution in [3.63, 3.8) is 0 Å². The van der Waals surface area contributed by atoms with Gasteiger partial charge in [0.25, 0.3) is 0 Å². The molecular formula is C6H10N2O. The van der Waals surface area contributed by atoms with Crippen molar-refractivity contribution in [2.45, 2.75) is 19.8 Å². The smallest absolute Gasteiger partial charge is 0.140 e. The molecule has 9 heavy (non-hydrogen) atoms. The number of hydrogen-bond acceptors (Lipinski definition) is 3. The first-order valence-electron chi connectivity index (χ1n) is 2.93. The Kier molecular flexibility index (Phi) is 1.72. The Bertz CT molecular complexity index is 142. The third kappa shape index (κ3) is 1.76. The maximum absolute atomic E-state index is 5.39. The predicted octanol–water partition coefficient (Wildman–Crippen LogP) is 0.973. The van der Waals surface area contributed by atoms with E-state index < -0.39 is 0 Å². The van der Waals surface area contributed by atoms with E-state index in [1.54, 1.807) is 6.26 Å². The Labute approximate surface area is 54.2 Å². The summed E-state index contributed by atoms with van der Waals surface area (Å²) in [6, 6.07) is 0. The number of oxime groups is 1. The Morgan fingerprint density at radius 2 is 2.44 bits per heavy atom. The summed E-state index contributed by atoms with van der Waals surface area (Å²) in [5.74, 6) is 0.572. The molecular weight excluding hydrogens is 116 g/mol. The maximum Gasteiger partial charge on any atom is 0.140 e. The van der Waals surface area contributed by atoms with Crippen LogP contribution >= 0.6 is 0 Å². The largest absolute Gasteiger partial charge is 0.384 e. The van der Waals surface area contributed by atoms with Crippen LogP contribution in [0.3, 0.4) is 0 Å². The van der Waals surface area contributed by atoms with Crippen LogP contribution in [0.2, 0.25) is 0 Å². The van der Waals surface area contributed by atoms with Crippen LogP contribution in [0, 0.1) is 0 Å². The average molecular weight is 126 g/mol. The molecule has 0 bridgehead atoms. The van der Waals surface area contributed by atoms with Crippen molar-refractivity contribution in [1.82, 2.24) is 0 Å². The summed E-state index contributed by atoms with van der Waals surface area (Å²) in [6.45, 7) is 1.99. The lowest BCUT2D eigenvalue weighted by atomic mass is 10.2. The van der Waals surface area contributed by atoms with E-state index >= 15 is 0 Å². The van der Waals surface area contributed by atoms with Gasteiger partial charge in [-0.1, -0.05) is 5.16 Å². The van der Waals surface area contributed by atoms with Gasteiger partial charge in [-0.3, -0.25) is 0 Å². The van der Waals surface area contributed by atoms with Crippen LogP contribution in [-0.4, -0.2) is 5.84 Å². The lowest BCUT2D eigenvalue weighted by molar-refractivity contribution is 0.266. The molecule has 0 saturated carbocycles. The molecule has 3 nitrogen and oxygen atoms in total. The number of rotatable bonds is 0. The second-order valence-electron chi connectivity index (χ2n) is 2.15. The predicted molar refractivity (Wildman–Crippen MR) is 35.7 cm³/mol. The summed E-state index contributed by atoms with van der Waals surface area (Å²) in [5.41, 5.74) is 6.57. The second kappa shape index (κ2) is 2.53. The normalized spacial score (nSPS) is 19.2. The molecule has 0 fully saturated rings. The zero-order valence-electron chi connectivity index (χ0n) is 5.42. The van der Waals surface area contributed by atoms with Crippen LogP contribution in [0.5, 0.6) is 0 Å². The van der Waals surface area contributed by atoms with Gasteiger partial charge < -0.3 is 10.6 Å². The highest BCUT2D eigenvalue weighted by molar-refractivity contribution is 5.80. The summed E-state index contributed by atoms with van der Waals surface area (Å²) in [4.78, 5) is 4.72. The molecule has 1 aliphatic heterocycles. The lowest BCUT2D eigenvalue weighted by Gasteiger charge is -1.91. The van der Waals surface area contributed by atoms with Gasteiger partial charge in [0.05, 0.1) is 0 Å². The molecule has 1 rings (SSSR count). The van der Waals surface area contributed by atoms with E-state index in [-0.39, 0.29) is 0 Å². The van der Waals surface area contributed by atoms with Crippen LogP contribution in [0.25, 0.3) is 0 Å². The molecule has 0 saturated heterocycles. The average Bonchev–Trinajstić information content (AvgIpc) is 1.97. The van der Waals surface area contributed by atoms with E-state index in [4.69, 9.17) is 10.6 Å². The number of nitrogens with two attached hydrogens (primary N) is 1. The summed E-state index contributed by atoms with van der Waals surface area (Å²) in [5, 5.41) is 3.59. The van der Waals surface area contributed by atoms with E-state index in [0.717, 1.165) is 12.8 Å². The van der Waals surface area contributed by atoms with Crippen molar-refractivity contribution in [2.75, 3.05) is 0 Å². The van der Waals surface area contributed by atoms with Crippen molar-refractivity contribution in [3.05, 3.63) is 11.8 Å². The van der Waals surface area contributed by atoms with Gasteiger partial charge in [-0.2, -0.15) is 0 Å². The monoisotopic (exact) mass is 126 g/mol. The topological polar surface area (TPSA) is 47.6 Å². The molecule has 0 radical (unpaired) electrons. The Hall–Kier alpha value is -0.990. The summed E-state index contributed by atoms with van der Waals surface area (Å²) in [6.07, 6.45) is 3.39. The fourth-order valence-electron chi connectivity index (χ4n) is 0.614. The Balaban J connectivity index is 2.54. The van der Waals surface area contributed by atoms with E-state index in [1.165, 1.54) is 5.57 Å². The van der Waals surface area contributed by atoms with E-state index in [0.29, 0.717) is 5.84 Å². The van der Waals surface area contributed by atoms with Crippen LogP contribution < -0.4 is 5.73 Å². The van der Waals surface area contributed by atoms with Crippen molar-refractivity contribution in [2.24, 2.45) is 10.9 Å². The first-order chi connectivity index (χ1) is 4.29.